The van der Waals surface area contributed by atoms with Crippen LogP contribution in [0.1, 0.15) is 26.2 Å². The van der Waals surface area contributed by atoms with Gasteiger partial charge < -0.3 is 14.8 Å². The van der Waals surface area contributed by atoms with E-state index in [1.807, 2.05) is 0 Å². The molecular formula is C12H23NO2. The van der Waals surface area contributed by atoms with Crippen molar-refractivity contribution in [1.29, 1.82) is 0 Å². The standard InChI is InChI=1S/C12H23NO2/c1-2-13-8-10-5-7-15-12(10)11-4-3-6-14-9-11/h10-13H,2-9H2,1H3. The third kappa shape index (κ3) is 2.92. The summed E-state index contributed by atoms with van der Waals surface area (Å²) in [5.74, 6) is 1.35. The molecule has 0 aromatic rings. The molecule has 2 heterocycles. The molecule has 15 heavy (non-hydrogen) atoms. The van der Waals surface area contributed by atoms with Crippen molar-refractivity contribution in [2.45, 2.75) is 32.3 Å². The number of nitrogens with one attached hydrogen (secondary N) is 1. The van der Waals surface area contributed by atoms with Gasteiger partial charge in [0.05, 0.1) is 12.7 Å². The summed E-state index contributed by atoms with van der Waals surface area (Å²) in [5, 5.41) is 3.44. The Bertz CT molecular complexity index is 180. The van der Waals surface area contributed by atoms with Crippen molar-refractivity contribution >= 4 is 0 Å². The molecule has 0 radical (unpaired) electrons. The van der Waals surface area contributed by atoms with Crippen molar-refractivity contribution in [3.63, 3.8) is 0 Å². The zero-order valence-electron chi connectivity index (χ0n) is 9.71. The average molecular weight is 213 g/mol. The summed E-state index contributed by atoms with van der Waals surface area (Å²) in [6.45, 7) is 7.13. The van der Waals surface area contributed by atoms with Crippen LogP contribution in [0.4, 0.5) is 0 Å². The molecule has 1 N–H and O–H groups in total. The highest BCUT2D eigenvalue weighted by atomic mass is 16.5. The molecule has 2 saturated heterocycles. The van der Waals surface area contributed by atoms with Gasteiger partial charge in [-0.1, -0.05) is 6.92 Å². The van der Waals surface area contributed by atoms with Crippen molar-refractivity contribution in [2.24, 2.45) is 11.8 Å². The minimum Gasteiger partial charge on any atom is -0.381 e. The van der Waals surface area contributed by atoms with E-state index in [-0.39, 0.29) is 0 Å². The van der Waals surface area contributed by atoms with Crippen molar-refractivity contribution in [3.05, 3.63) is 0 Å². The van der Waals surface area contributed by atoms with Crippen LogP contribution in [-0.2, 0) is 9.47 Å². The quantitative estimate of drug-likeness (QED) is 0.766. The van der Waals surface area contributed by atoms with E-state index in [0.29, 0.717) is 17.9 Å². The Hall–Kier alpha value is -0.120. The first-order chi connectivity index (χ1) is 7.42. The van der Waals surface area contributed by atoms with Gasteiger partial charge in [-0.2, -0.15) is 0 Å². The van der Waals surface area contributed by atoms with Crippen LogP contribution in [0.5, 0.6) is 0 Å². The van der Waals surface area contributed by atoms with Crippen LogP contribution in [0.25, 0.3) is 0 Å². The molecule has 0 amide bonds. The van der Waals surface area contributed by atoms with Gasteiger partial charge in [0.25, 0.3) is 0 Å². The smallest absolute Gasteiger partial charge is 0.0666 e. The fourth-order valence-corrected chi connectivity index (χ4v) is 2.75. The van der Waals surface area contributed by atoms with E-state index < -0.39 is 0 Å². The molecule has 0 aromatic carbocycles. The molecule has 3 nitrogen and oxygen atoms in total. The number of hydrogen-bond acceptors (Lipinski definition) is 3. The molecule has 0 bridgehead atoms. The molecule has 3 atom stereocenters. The monoisotopic (exact) mass is 213 g/mol. The highest BCUT2D eigenvalue weighted by molar-refractivity contribution is 4.84. The van der Waals surface area contributed by atoms with Gasteiger partial charge in [-0.05, 0) is 25.8 Å². The summed E-state index contributed by atoms with van der Waals surface area (Å²) in [4.78, 5) is 0. The van der Waals surface area contributed by atoms with Crippen LogP contribution in [0.15, 0.2) is 0 Å². The first-order valence-electron chi connectivity index (χ1n) is 6.32. The van der Waals surface area contributed by atoms with Crippen molar-refractivity contribution in [1.82, 2.24) is 5.32 Å². The lowest BCUT2D eigenvalue weighted by Gasteiger charge is -2.30. The maximum absolute atomic E-state index is 5.88. The minimum absolute atomic E-state index is 0.448. The van der Waals surface area contributed by atoms with Gasteiger partial charge in [-0.15, -0.1) is 0 Å². The molecule has 0 spiro atoms. The van der Waals surface area contributed by atoms with Gasteiger partial charge >= 0.3 is 0 Å². The molecule has 3 unspecified atom stereocenters. The normalized spacial score (nSPS) is 37.0. The fraction of sp³-hybridized carbons (Fsp3) is 1.00. The third-order valence-corrected chi connectivity index (χ3v) is 3.58. The summed E-state index contributed by atoms with van der Waals surface area (Å²) in [6.07, 6.45) is 4.16. The van der Waals surface area contributed by atoms with E-state index in [0.717, 1.165) is 32.9 Å². The van der Waals surface area contributed by atoms with Crippen molar-refractivity contribution in [3.8, 4) is 0 Å². The van der Waals surface area contributed by atoms with Gasteiger partial charge in [0.2, 0.25) is 0 Å². The zero-order chi connectivity index (χ0) is 10.5. The Morgan fingerprint density at radius 1 is 1.27 bits per heavy atom. The van der Waals surface area contributed by atoms with Gasteiger partial charge in [-0.25, -0.2) is 0 Å². The second-order valence-electron chi connectivity index (χ2n) is 4.67. The fourth-order valence-electron chi connectivity index (χ4n) is 2.75. The second-order valence-corrected chi connectivity index (χ2v) is 4.67. The summed E-state index contributed by atoms with van der Waals surface area (Å²) in [5.41, 5.74) is 0. The molecule has 2 rings (SSSR count). The molecule has 2 aliphatic rings. The van der Waals surface area contributed by atoms with E-state index >= 15 is 0 Å². The average Bonchev–Trinajstić information content (AvgIpc) is 2.75. The Balaban J connectivity index is 1.82. The highest BCUT2D eigenvalue weighted by Crippen LogP contribution is 2.31. The molecule has 2 fully saturated rings. The first-order valence-corrected chi connectivity index (χ1v) is 6.32. The van der Waals surface area contributed by atoms with Gasteiger partial charge in [0.15, 0.2) is 0 Å². The SMILES string of the molecule is CCNCC1CCOC1C1CCCOC1. The van der Waals surface area contributed by atoms with Crippen LogP contribution in [0.3, 0.4) is 0 Å². The van der Waals surface area contributed by atoms with Crippen LogP contribution < -0.4 is 5.32 Å². The Morgan fingerprint density at radius 2 is 2.20 bits per heavy atom. The Morgan fingerprint density at radius 3 is 2.93 bits per heavy atom. The van der Waals surface area contributed by atoms with E-state index in [4.69, 9.17) is 9.47 Å². The first kappa shape index (κ1) is 11.4. The number of rotatable bonds is 4. The third-order valence-electron chi connectivity index (χ3n) is 3.58. The number of hydrogen-bond donors (Lipinski definition) is 1. The lowest BCUT2D eigenvalue weighted by molar-refractivity contribution is -0.0335. The second kappa shape index (κ2) is 5.83. The minimum atomic E-state index is 0.448. The van der Waals surface area contributed by atoms with E-state index in [1.165, 1.54) is 19.3 Å². The van der Waals surface area contributed by atoms with Gasteiger partial charge in [-0.3, -0.25) is 0 Å². The molecule has 0 aromatic heterocycles. The van der Waals surface area contributed by atoms with E-state index in [1.54, 1.807) is 0 Å². The molecule has 0 aliphatic carbocycles. The van der Waals surface area contributed by atoms with Crippen LogP contribution >= 0.6 is 0 Å². The van der Waals surface area contributed by atoms with Crippen LogP contribution in [-0.4, -0.2) is 39.0 Å². The maximum Gasteiger partial charge on any atom is 0.0666 e. The predicted molar refractivity (Wildman–Crippen MR) is 59.9 cm³/mol. The summed E-state index contributed by atoms with van der Waals surface area (Å²) >= 11 is 0. The molecule has 2 aliphatic heterocycles. The van der Waals surface area contributed by atoms with E-state index in [2.05, 4.69) is 12.2 Å². The predicted octanol–water partition coefficient (Wildman–Crippen LogP) is 1.43. The van der Waals surface area contributed by atoms with E-state index in [9.17, 15) is 0 Å². The topological polar surface area (TPSA) is 30.5 Å². The Labute approximate surface area is 92.5 Å². The van der Waals surface area contributed by atoms with Crippen molar-refractivity contribution < 1.29 is 9.47 Å². The van der Waals surface area contributed by atoms with Gasteiger partial charge in [0, 0.05) is 31.6 Å². The zero-order valence-corrected chi connectivity index (χ0v) is 9.71. The van der Waals surface area contributed by atoms with Gasteiger partial charge in [0.1, 0.15) is 0 Å². The lowest BCUT2D eigenvalue weighted by atomic mass is 9.87. The van der Waals surface area contributed by atoms with Crippen LogP contribution in [0.2, 0.25) is 0 Å². The summed E-state index contributed by atoms with van der Waals surface area (Å²) < 4.78 is 11.4. The molecule has 3 heteroatoms. The molecule has 0 saturated carbocycles. The summed E-state index contributed by atoms with van der Waals surface area (Å²) in [7, 11) is 0. The maximum atomic E-state index is 5.88. The molecular weight excluding hydrogens is 190 g/mol. The Kier molecular flexibility index (Phi) is 4.42. The lowest BCUT2D eigenvalue weighted by Crippen LogP contribution is -2.37. The van der Waals surface area contributed by atoms with Crippen LogP contribution in [0, 0.1) is 11.8 Å². The van der Waals surface area contributed by atoms with Crippen molar-refractivity contribution in [2.75, 3.05) is 32.9 Å². The summed E-state index contributed by atoms with van der Waals surface area (Å²) in [6, 6.07) is 0. The largest absolute Gasteiger partial charge is 0.381 e. The molecule has 88 valence electrons. The number of ether oxygens (including phenoxy) is 2. The highest BCUT2D eigenvalue weighted by Gasteiger charge is 2.35.